The normalized spacial score (nSPS) is 12.0. The molecular weight excluding hydrogens is 2410 g/mol. The molecule has 0 bridgehead atoms. The number of ketones is 4. The van der Waals surface area contributed by atoms with E-state index in [1.54, 1.807) is 0 Å². The van der Waals surface area contributed by atoms with Gasteiger partial charge in [0.05, 0.1) is 22.1 Å². The third-order valence-corrected chi connectivity index (χ3v) is 23.5. The van der Waals surface area contributed by atoms with Crippen LogP contribution in [0.3, 0.4) is 0 Å². The van der Waals surface area contributed by atoms with Crippen molar-refractivity contribution in [1.29, 1.82) is 0 Å². The molecule has 0 unspecified atom stereocenters. The summed E-state index contributed by atoms with van der Waals surface area (Å²) in [4.78, 5) is 65.2. The fourth-order valence-electron chi connectivity index (χ4n) is 13.0. The van der Waals surface area contributed by atoms with Gasteiger partial charge in [-0.25, -0.2) is 0 Å². The zero-order valence-corrected chi connectivity index (χ0v) is 99.2. The van der Waals surface area contributed by atoms with Gasteiger partial charge in [0.25, 0.3) is 0 Å². The van der Waals surface area contributed by atoms with Crippen LogP contribution < -0.4 is 0 Å². The number of pyridine rings is 4. The van der Waals surface area contributed by atoms with Gasteiger partial charge in [0.1, 0.15) is 23.0 Å². The van der Waals surface area contributed by atoms with E-state index >= 15 is 0 Å². The smallest absolute Gasteiger partial charge is 0.164 e. The molecule has 0 spiro atoms. The Bertz CT molecular complexity index is 6130. The number of rotatable bonds is 8. The van der Waals surface area contributed by atoms with E-state index in [0.717, 1.165) is 72.7 Å². The maximum Gasteiger partial charge on any atom is 0.164 e. The Kier molecular flexibility index (Phi) is 47.6. The fourth-order valence-corrected chi connectivity index (χ4v) is 13.0. The van der Waals surface area contributed by atoms with E-state index in [1.807, 2.05) is 190 Å². The van der Waals surface area contributed by atoms with Crippen molar-refractivity contribution in [2.24, 2.45) is 43.3 Å². The number of allylic oxidation sites excluding steroid dienone is 8. The van der Waals surface area contributed by atoms with Crippen LogP contribution in [0.2, 0.25) is 0 Å². The van der Waals surface area contributed by atoms with Crippen molar-refractivity contribution in [2.75, 3.05) is 0 Å². The van der Waals surface area contributed by atoms with Gasteiger partial charge in [-0.2, -0.15) is 0 Å². The number of carbonyl (C=O) groups excluding carboxylic acids is 4. The topological polar surface area (TPSA) is 201 Å². The summed E-state index contributed by atoms with van der Waals surface area (Å²) in [5, 5.41) is 43.1. The molecule has 0 saturated heterocycles. The number of aromatic nitrogens is 4. The molecule has 137 heavy (non-hydrogen) atoms. The molecule has 0 aliphatic rings. The maximum atomic E-state index is 11.5. The molecule has 4 radical (unpaired) electrons. The first-order chi connectivity index (χ1) is 60.9. The number of fused-ring (bicyclic) bond motifs is 4. The van der Waals surface area contributed by atoms with Crippen molar-refractivity contribution < 1.29 is 120 Å². The van der Waals surface area contributed by atoms with Crippen LogP contribution in [0.5, 0.6) is 0 Å². The largest absolute Gasteiger partial charge is 0.512 e. The van der Waals surface area contributed by atoms with Crippen LogP contribution in [0, 0.1) is 185 Å². The molecule has 0 atom stereocenters. The summed E-state index contributed by atoms with van der Waals surface area (Å²) in [6.07, 6.45) is 5.33. The predicted octanol–water partition coefficient (Wildman–Crippen LogP) is 32.4. The van der Waals surface area contributed by atoms with Crippen LogP contribution in [0.4, 0.5) is 0 Å². The van der Waals surface area contributed by atoms with Crippen molar-refractivity contribution in [3.8, 4) is 45.0 Å². The molecule has 4 aromatic heterocycles. The SMILES string of the molecule is CC(C)(C)C(=O)C=C(O)C(C)(C)C.CC(C)(C)C(=O)C=C(O)C(C)(C)C.CC(C)(C)C(=O)C=C(O)C(C)(C)C.CC(C)(C)C(=O)C=C(O)C(C)(C)C.Cc1[c-]c(-c2cc(C)c3ccccc3n2)c(C)c(C)c1.Cc1[c-]c(-c2cc(C)c3ccccc3n2)c(C)c(C)c1C.Cc1[c-]c(-c2cc(C)c3ccccc3n2)c(C)cc1C.Cc1[c-]c(-c2cc(C)c3ccccc3n2)cc(C)c1C.[Ir].[Ir].[Ir].[Ir]. The van der Waals surface area contributed by atoms with Crippen molar-refractivity contribution >= 4 is 66.7 Å². The van der Waals surface area contributed by atoms with Crippen molar-refractivity contribution in [1.82, 2.24) is 19.9 Å². The molecule has 746 valence electrons. The molecule has 0 saturated carbocycles. The van der Waals surface area contributed by atoms with E-state index in [4.69, 9.17) is 19.9 Å². The van der Waals surface area contributed by atoms with Crippen LogP contribution in [-0.4, -0.2) is 63.5 Å². The second-order valence-electron chi connectivity index (χ2n) is 43.8. The van der Waals surface area contributed by atoms with Crippen LogP contribution in [0.1, 0.15) is 261 Å². The molecule has 0 amide bonds. The molecule has 12 nitrogen and oxygen atoms in total. The zero-order valence-electron chi connectivity index (χ0n) is 89.6. The zero-order chi connectivity index (χ0) is 101. The summed E-state index contributed by atoms with van der Waals surface area (Å²) in [6.45, 7) is 80.8. The minimum absolute atomic E-state index is 0. The number of nitrogens with zero attached hydrogens (tertiary/aromatic N) is 4. The second kappa shape index (κ2) is 51.8. The fraction of sp³-hybridized carbons (Fsp3) is 0.405. The molecule has 4 heterocycles. The van der Waals surface area contributed by atoms with Crippen LogP contribution in [-0.2, 0) is 99.6 Å². The number of benzene rings is 8. The summed E-state index contributed by atoms with van der Waals surface area (Å²) in [5.74, 6) is 0.416. The Labute approximate surface area is 877 Å². The molecule has 0 aliphatic carbocycles. The second-order valence-corrected chi connectivity index (χ2v) is 43.8. The first-order valence-electron chi connectivity index (χ1n) is 46.2. The van der Waals surface area contributed by atoms with E-state index in [9.17, 15) is 39.6 Å². The number of carbonyl (C=O) groups is 4. The van der Waals surface area contributed by atoms with Crippen molar-refractivity contribution in [3.05, 3.63) is 306 Å². The molecule has 12 rings (SSSR count). The minimum atomic E-state index is -0.417. The van der Waals surface area contributed by atoms with Gasteiger partial charge in [-0.05, 0) is 97.0 Å². The quantitative estimate of drug-likeness (QED) is 0.0638. The molecule has 8 aromatic carbocycles. The van der Waals surface area contributed by atoms with E-state index in [-0.39, 0.29) is 148 Å². The molecule has 4 N–H and O–H groups in total. The summed E-state index contributed by atoms with van der Waals surface area (Å²) >= 11 is 0. The Hall–Kier alpha value is -9.16. The summed E-state index contributed by atoms with van der Waals surface area (Å²) in [7, 11) is 0. The summed E-state index contributed by atoms with van der Waals surface area (Å²) in [5.41, 5.74) is 31.1. The van der Waals surface area contributed by atoms with E-state index < -0.39 is 21.7 Å². The first kappa shape index (κ1) is 126. The monoisotopic (exact) mass is 2560 g/mol. The van der Waals surface area contributed by atoms with Gasteiger partial charge >= 0.3 is 0 Å². The number of hydrogen-bond donors (Lipinski definition) is 4. The Morgan fingerprint density at radius 2 is 0.496 bits per heavy atom. The van der Waals surface area contributed by atoms with E-state index in [1.165, 1.54) is 135 Å². The van der Waals surface area contributed by atoms with Gasteiger partial charge in [0.2, 0.25) is 0 Å². The van der Waals surface area contributed by atoms with Crippen LogP contribution >= 0.6 is 0 Å². The molecule has 0 aliphatic heterocycles. The standard InChI is InChI=1S/C20H20N.3C19H18N.4C11H20O2.4Ir/c1-12-10-18(16(5)15(4)14(12)3)20-11-13(2)17-8-6-7-9-19(17)21-20;1-12-9-16(10-13(2)15(12)4)19-11-14(3)17-7-5-6-8-18(17)20-19;1-12-9-14(3)17(10-13(12)2)19-11-15(4)16-7-5-6-8-18(16)20-19;1-12-9-13(2)15(4)17(10-12)19-11-14(3)16-7-5-6-8-18(16)20-19;4*1-10(2,3)8(12)7-9(13)11(4,5)6;;;;/h6-9,11H,1-5H3;3*5-9,11H,1-4H3;4*7,12H,1-6H3;;;;/q4*-1;;;;;;;;. The number of aliphatic hydroxyl groups is 4. The average Bonchev–Trinajstić information content (AvgIpc) is 0.787. The van der Waals surface area contributed by atoms with Gasteiger partial charge in [-0.3, -0.25) is 39.1 Å². The summed E-state index contributed by atoms with van der Waals surface area (Å²) in [6, 6.07) is 62.4. The predicted molar refractivity (Wildman–Crippen MR) is 563 cm³/mol. The average molecular weight is 2560 g/mol. The molecular formula is C121H154Ir4N4O8-4. The Morgan fingerprint density at radius 3 is 0.788 bits per heavy atom. The number of hydrogen-bond acceptors (Lipinski definition) is 12. The minimum Gasteiger partial charge on any atom is -0.512 e. The third-order valence-electron chi connectivity index (χ3n) is 23.5. The van der Waals surface area contributed by atoms with Gasteiger partial charge < -0.3 is 20.4 Å². The number of aliphatic hydroxyl groups excluding tert-OH is 4. The molecule has 16 heteroatoms. The maximum absolute atomic E-state index is 11.5. The number of para-hydroxylation sites is 4. The molecule has 12 aromatic rings. The first-order valence-corrected chi connectivity index (χ1v) is 46.2. The van der Waals surface area contributed by atoms with Gasteiger partial charge in [0.15, 0.2) is 23.1 Å². The summed E-state index contributed by atoms with van der Waals surface area (Å²) < 4.78 is 0. The van der Waals surface area contributed by atoms with E-state index in [0.29, 0.717) is 0 Å². The van der Waals surface area contributed by atoms with Crippen LogP contribution in [0.15, 0.2) is 187 Å². The van der Waals surface area contributed by atoms with Gasteiger partial charge in [-0.1, -0.05) is 353 Å². The van der Waals surface area contributed by atoms with E-state index in [2.05, 4.69) is 257 Å². The Balaban J connectivity index is 0.000000787. The van der Waals surface area contributed by atoms with Gasteiger partial charge in [-0.15, -0.1) is 137 Å². The molecule has 0 fully saturated rings. The van der Waals surface area contributed by atoms with Gasteiger partial charge in [0, 0.05) is 170 Å². The van der Waals surface area contributed by atoms with Crippen molar-refractivity contribution in [2.45, 2.75) is 284 Å². The van der Waals surface area contributed by atoms with Crippen molar-refractivity contribution in [3.63, 3.8) is 0 Å². The van der Waals surface area contributed by atoms with Crippen LogP contribution in [0.25, 0.3) is 88.6 Å². The Morgan fingerprint density at radius 1 is 0.241 bits per heavy atom. The number of aryl methyl sites for hydroxylation is 12. The third kappa shape index (κ3) is 37.1.